The molecule has 1 aliphatic rings. The molecule has 0 radical (unpaired) electrons. The first kappa shape index (κ1) is 37.6. The van der Waals surface area contributed by atoms with Crippen LogP contribution >= 0.6 is 0 Å². The van der Waals surface area contributed by atoms with Crippen molar-refractivity contribution in [2.45, 2.75) is 5.41 Å². The Morgan fingerprint density at radius 1 is 0.269 bits per heavy atom. The second-order valence-electron chi connectivity index (χ2n) is 18.0. The van der Waals surface area contributed by atoms with Gasteiger partial charge in [0.2, 0.25) is 0 Å². The highest BCUT2D eigenvalue weighted by atomic mass is 15.0. The Labute approximate surface area is 388 Å². The summed E-state index contributed by atoms with van der Waals surface area (Å²) >= 11 is 0. The molecule has 2 heteroatoms. The fourth-order valence-corrected chi connectivity index (χ4v) is 11.7. The van der Waals surface area contributed by atoms with Crippen LogP contribution in [0.25, 0.3) is 99.1 Å². The molecule has 0 saturated heterocycles. The summed E-state index contributed by atoms with van der Waals surface area (Å²) < 4.78 is 4.83. The molecule has 0 spiro atoms. The molecule has 0 aliphatic heterocycles. The van der Waals surface area contributed by atoms with Crippen molar-refractivity contribution in [1.82, 2.24) is 9.13 Å². The average molecular weight is 851 g/mol. The zero-order valence-electron chi connectivity index (χ0n) is 36.6. The Hall–Kier alpha value is -8.72. The van der Waals surface area contributed by atoms with E-state index in [9.17, 15) is 0 Å². The third kappa shape index (κ3) is 5.51. The van der Waals surface area contributed by atoms with E-state index in [1.54, 1.807) is 0 Å². The molecule has 0 fully saturated rings. The Kier molecular flexibility index (Phi) is 8.23. The van der Waals surface area contributed by atoms with Gasteiger partial charge in [0, 0.05) is 32.9 Å². The van der Waals surface area contributed by atoms with Crippen LogP contribution in [0.1, 0.15) is 22.3 Å². The maximum Gasteiger partial charge on any atom is 0.0719 e. The SMILES string of the molecule is c1ccc(-n2c3ccccc3c3ccc(-c4ccc5c(c4)C(c4ccccc4)(c4ccccc4)c4c-5ccc5ccc(-c6ccc7c8ccccc8n(-c8ccccc8)c7c6)cc45)cc32)cc1. The molecular formula is C65H42N2. The number of benzene rings is 11. The number of hydrogen-bond donors (Lipinski definition) is 0. The van der Waals surface area contributed by atoms with Crippen LogP contribution in [0.2, 0.25) is 0 Å². The molecule has 13 aromatic rings. The third-order valence-corrected chi connectivity index (χ3v) is 14.6. The Bertz CT molecular complexity index is 4030. The van der Waals surface area contributed by atoms with Crippen LogP contribution in [-0.2, 0) is 5.41 Å². The first-order valence-corrected chi connectivity index (χ1v) is 23.3. The minimum Gasteiger partial charge on any atom is -0.309 e. The maximum atomic E-state index is 2.50. The summed E-state index contributed by atoms with van der Waals surface area (Å²) in [7, 11) is 0. The van der Waals surface area contributed by atoms with Crippen molar-refractivity contribution in [3.05, 3.63) is 277 Å². The molecule has 0 atom stereocenters. The molecule has 11 aromatic carbocycles. The van der Waals surface area contributed by atoms with Crippen LogP contribution in [0, 0.1) is 0 Å². The van der Waals surface area contributed by atoms with E-state index in [1.807, 2.05) is 0 Å². The zero-order valence-corrected chi connectivity index (χ0v) is 36.6. The van der Waals surface area contributed by atoms with Crippen molar-refractivity contribution in [1.29, 1.82) is 0 Å². The second-order valence-corrected chi connectivity index (χ2v) is 18.0. The van der Waals surface area contributed by atoms with E-state index >= 15 is 0 Å². The van der Waals surface area contributed by atoms with Crippen LogP contribution in [0.4, 0.5) is 0 Å². The lowest BCUT2D eigenvalue weighted by molar-refractivity contribution is 0.776. The Morgan fingerprint density at radius 3 is 1.22 bits per heavy atom. The predicted molar refractivity (Wildman–Crippen MR) is 281 cm³/mol. The van der Waals surface area contributed by atoms with Gasteiger partial charge in [-0.05, 0) is 127 Å². The van der Waals surface area contributed by atoms with Gasteiger partial charge in [-0.15, -0.1) is 0 Å². The summed E-state index contributed by atoms with van der Waals surface area (Å²) in [6, 6.07) is 94.6. The molecule has 1 aliphatic carbocycles. The molecule has 2 heterocycles. The van der Waals surface area contributed by atoms with E-state index in [4.69, 9.17) is 0 Å². The quantitative estimate of drug-likeness (QED) is 0.158. The van der Waals surface area contributed by atoms with Crippen LogP contribution in [-0.4, -0.2) is 9.13 Å². The Balaban J connectivity index is 1.01. The fourth-order valence-electron chi connectivity index (χ4n) is 11.7. The number of aromatic nitrogens is 2. The summed E-state index contributed by atoms with van der Waals surface area (Å²) in [5, 5.41) is 7.51. The third-order valence-electron chi connectivity index (χ3n) is 14.6. The highest BCUT2D eigenvalue weighted by Crippen LogP contribution is 2.59. The lowest BCUT2D eigenvalue weighted by atomic mass is 9.66. The lowest BCUT2D eigenvalue weighted by Gasteiger charge is -2.35. The number of fused-ring (bicyclic) bond motifs is 11. The van der Waals surface area contributed by atoms with E-state index in [2.05, 4.69) is 264 Å². The van der Waals surface area contributed by atoms with Gasteiger partial charge in [-0.2, -0.15) is 0 Å². The van der Waals surface area contributed by atoms with Gasteiger partial charge < -0.3 is 9.13 Å². The van der Waals surface area contributed by atoms with Crippen molar-refractivity contribution >= 4 is 54.4 Å². The largest absolute Gasteiger partial charge is 0.309 e. The van der Waals surface area contributed by atoms with Gasteiger partial charge in [-0.3, -0.25) is 0 Å². The molecule has 0 bridgehead atoms. The van der Waals surface area contributed by atoms with Crippen molar-refractivity contribution < 1.29 is 0 Å². The topological polar surface area (TPSA) is 9.86 Å². The van der Waals surface area contributed by atoms with Crippen LogP contribution in [0.5, 0.6) is 0 Å². The van der Waals surface area contributed by atoms with Gasteiger partial charge in [0.15, 0.2) is 0 Å². The highest BCUT2D eigenvalue weighted by molar-refractivity contribution is 6.12. The van der Waals surface area contributed by atoms with E-state index < -0.39 is 5.41 Å². The average Bonchev–Trinajstić information content (AvgIpc) is 4.03. The van der Waals surface area contributed by atoms with Crippen molar-refractivity contribution in [2.24, 2.45) is 0 Å². The second kappa shape index (κ2) is 14.7. The molecule has 0 N–H and O–H groups in total. The molecule has 2 aromatic heterocycles. The first-order chi connectivity index (χ1) is 33.2. The van der Waals surface area contributed by atoms with Crippen molar-refractivity contribution in [3.8, 4) is 44.8 Å². The van der Waals surface area contributed by atoms with Crippen molar-refractivity contribution in [2.75, 3.05) is 0 Å². The standard InChI is InChI=1S/C65H42N2/c1-5-17-48(18-6-1)65(49-19-7-2-8-20-49)59-40-45(47-34-37-56-54-26-14-16-28-61(54)67(63(56)42-47)51-23-11-4-12-24-51)32-35-52(59)57-38-31-43-29-30-44(39-58(43)64(57)65)46-33-36-55-53-25-13-15-27-60(53)66(62(55)41-46)50-21-9-3-10-22-50/h1-42H. The molecule has 0 amide bonds. The number of nitrogens with zero attached hydrogens (tertiary/aromatic N) is 2. The minimum absolute atomic E-state index is 0.603. The molecule has 0 saturated carbocycles. The molecule has 2 nitrogen and oxygen atoms in total. The Morgan fingerprint density at radius 2 is 0.672 bits per heavy atom. The number of hydrogen-bond acceptors (Lipinski definition) is 0. The fraction of sp³-hybridized carbons (Fsp3) is 0.0154. The van der Waals surface area contributed by atoms with Crippen LogP contribution < -0.4 is 0 Å². The van der Waals surface area contributed by atoms with E-state index in [0.29, 0.717) is 0 Å². The van der Waals surface area contributed by atoms with E-state index in [-0.39, 0.29) is 0 Å². The van der Waals surface area contributed by atoms with Gasteiger partial charge in [0.05, 0.1) is 27.5 Å². The summed E-state index contributed by atoms with van der Waals surface area (Å²) in [4.78, 5) is 0. The molecule has 0 unspecified atom stereocenters. The van der Waals surface area contributed by atoms with Gasteiger partial charge in [0.1, 0.15) is 0 Å². The predicted octanol–water partition coefficient (Wildman–Crippen LogP) is 16.7. The smallest absolute Gasteiger partial charge is 0.0719 e. The maximum absolute atomic E-state index is 2.50. The lowest BCUT2D eigenvalue weighted by Crippen LogP contribution is -2.28. The summed E-state index contributed by atoms with van der Waals surface area (Å²) in [5.74, 6) is 0. The number of para-hydroxylation sites is 4. The molecule has 14 rings (SSSR count). The zero-order chi connectivity index (χ0) is 44.1. The van der Waals surface area contributed by atoms with Gasteiger partial charge in [-0.25, -0.2) is 0 Å². The minimum atomic E-state index is -0.603. The van der Waals surface area contributed by atoms with Gasteiger partial charge in [0.25, 0.3) is 0 Å². The summed E-state index contributed by atoms with van der Waals surface area (Å²) in [5.41, 5.74) is 19.0. The van der Waals surface area contributed by atoms with E-state index in [0.717, 1.165) is 11.4 Å². The van der Waals surface area contributed by atoms with E-state index in [1.165, 1.54) is 110 Å². The highest BCUT2D eigenvalue weighted by Gasteiger charge is 2.47. The van der Waals surface area contributed by atoms with Crippen molar-refractivity contribution in [3.63, 3.8) is 0 Å². The van der Waals surface area contributed by atoms with Gasteiger partial charge in [-0.1, -0.05) is 194 Å². The normalized spacial score (nSPS) is 12.9. The first-order valence-electron chi connectivity index (χ1n) is 23.3. The van der Waals surface area contributed by atoms with Gasteiger partial charge >= 0.3 is 0 Å². The van der Waals surface area contributed by atoms with Crippen LogP contribution in [0.15, 0.2) is 255 Å². The molecular weight excluding hydrogens is 809 g/mol. The molecule has 67 heavy (non-hydrogen) atoms. The monoisotopic (exact) mass is 850 g/mol. The summed E-state index contributed by atoms with van der Waals surface area (Å²) in [6.07, 6.45) is 0. The van der Waals surface area contributed by atoms with Crippen LogP contribution in [0.3, 0.4) is 0 Å². The summed E-state index contributed by atoms with van der Waals surface area (Å²) in [6.45, 7) is 0. The number of rotatable bonds is 6. The molecule has 312 valence electrons.